The summed E-state index contributed by atoms with van der Waals surface area (Å²) in [6.45, 7) is 3.82. The molecule has 0 saturated carbocycles. The van der Waals surface area contributed by atoms with E-state index in [9.17, 15) is 4.79 Å². The van der Waals surface area contributed by atoms with Crippen LogP contribution in [0.2, 0.25) is 0 Å². The second-order valence-electron chi connectivity index (χ2n) is 5.64. The van der Waals surface area contributed by atoms with Crippen LogP contribution in [0, 0.1) is 0 Å². The van der Waals surface area contributed by atoms with Crippen molar-refractivity contribution in [3.63, 3.8) is 0 Å². The lowest BCUT2D eigenvalue weighted by Gasteiger charge is -2.33. The van der Waals surface area contributed by atoms with E-state index in [1.165, 1.54) is 11.8 Å². The molecule has 8 heteroatoms. The average Bonchev–Trinajstić information content (AvgIpc) is 3.19. The minimum absolute atomic E-state index is 0.0862. The van der Waals surface area contributed by atoms with Crippen LogP contribution in [0.15, 0.2) is 34.7 Å². The Morgan fingerprint density at radius 3 is 2.88 bits per heavy atom. The van der Waals surface area contributed by atoms with Crippen molar-refractivity contribution < 1.29 is 4.79 Å². The van der Waals surface area contributed by atoms with Crippen molar-refractivity contribution in [3.05, 3.63) is 29.6 Å². The lowest BCUT2D eigenvalue weighted by atomic mass is 10.2. The summed E-state index contributed by atoms with van der Waals surface area (Å²) in [5, 5.41) is 15.8. The largest absolute Gasteiger partial charge is 0.342 e. The number of carbonyl (C=O) groups is 1. The van der Waals surface area contributed by atoms with Gasteiger partial charge in [-0.2, -0.15) is 9.61 Å². The summed E-state index contributed by atoms with van der Waals surface area (Å²) in [5.74, 6) is 0.961. The molecule has 24 heavy (non-hydrogen) atoms. The Labute approximate surface area is 147 Å². The van der Waals surface area contributed by atoms with Gasteiger partial charge in [-0.05, 0) is 36.4 Å². The summed E-state index contributed by atoms with van der Waals surface area (Å²) in [5.41, 5.74) is 0.713. The molecule has 3 aromatic heterocycles. The van der Waals surface area contributed by atoms with Gasteiger partial charge in [-0.25, -0.2) is 0 Å². The molecule has 0 N–H and O–H groups in total. The zero-order valence-corrected chi connectivity index (χ0v) is 14.9. The van der Waals surface area contributed by atoms with Gasteiger partial charge in [0, 0.05) is 13.1 Å². The molecule has 4 heterocycles. The van der Waals surface area contributed by atoms with Gasteiger partial charge in [0.25, 0.3) is 0 Å². The van der Waals surface area contributed by atoms with Gasteiger partial charge in [-0.3, -0.25) is 4.79 Å². The molecule has 1 amide bonds. The van der Waals surface area contributed by atoms with E-state index < -0.39 is 0 Å². The molecule has 0 aromatic carbocycles. The third kappa shape index (κ3) is 2.80. The molecule has 1 saturated heterocycles. The monoisotopic (exact) mass is 359 g/mol. The highest BCUT2D eigenvalue weighted by atomic mass is 32.2. The van der Waals surface area contributed by atoms with Gasteiger partial charge >= 0.3 is 0 Å². The molecule has 0 aliphatic carbocycles. The third-order valence-electron chi connectivity index (χ3n) is 4.06. The highest BCUT2D eigenvalue weighted by Crippen LogP contribution is 2.28. The van der Waals surface area contributed by atoms with Crippen LogP contribution in [-0.2, 0) is 4.79 Å². The van der Waals surface area contributed by atoms with Crippen LogP contribution in [0.5, 0.6) is 0 Å². The molecule has 0 spiro atoms. The summed E-state index contributed by atoms with van der Waals surface area (Å²) in [4.78, 5) is 15.4. The molecule has 1 atom stereocenters. The van der Waals surface area contributed by atoms with Crippen LogP contribution in [0.4, 0.5) is 0 Å². The van der Waals surface area contributed by atoms with Gasteiger partial charge in [0.1, 0.15) is 5.03 Å². The highest BCUT2D eigenvalue weighted by molar-refractivity contribution is 8.00. The topological polar surface area (TPSA) is 63.4 Å². The molecule has 1 aliphatic rings. The van der Waals surface area contributed by atoms with Crippen LogP contribution in [-0.4, -0.2) is 49.0 Å². The molecule has 0 radical (unpaired) electrons. The number of likely N-dealkylation sites (tertiary alicyclic amines) is 1. The molecule has 6 nitrogen and oxygen atoms in total. The zero-order valence-electron chi connectivity index (χ0n) is 13.3. The van der Waals surface area contributed by atoms with Crippen LogP contribution in [0.3, 0.4) is 0 Å². The van der Waals surface area contributed by atoms with Crippen molar-refractivity contribution in [2.45, 2.75) is 30.0 Å². The number of aromatic nitrogens is 4. The van der Waals surface area contributed by atoms with Gasteiger partial charge in [-0.15, -0.1) is 21.5 Å². The molecule has 1 aliphatic heterocycles. The van der Waals surface area contributed by atoms with Gasteiger partial charge < -0.3 is 4.90 Å². The van der Waals surface area contributed by atoms with E-state index >= 15 is 0 Å². The zero-order chi connectivity index (χ0) is 16.5. The fourth-order valence-electron chi connectivity index (χ4n) is 2.59. The molecule has 4 rings (SSSR count). The SMILES string of the molecule is CCC(Sc1ccc2nnc(-c3cccs3)n2n1)C(=O)N1CCC1. The number of fused-ring (bicyclic) bond motifs is 1. The second-order valence-corrected chi connectivity index (χ2v) is 7.81. The van der Waals surface area contributed by atoms with Crippen molar-refractivity contribution in [3.8, 4) is 10.7 Å². The second kappa shape index (κ2) is 6.52. The maximum atomic E-state index is 12.5. The van der Waals surface area contributed by atoms with Gasteiger partial charge in [0.05, 0.1) is 10.1 Å². The number of nitrogens with zero attached hydrogens (tertiary/aromatic N) is 5. The van der Waals surface area contributed by atoms with E-state index in [4.69, 9.17) is 0 Å². The number of amides is 1. The number of thioether (sulfide) groups is 1. The molecule has 1 fully saturated rings. The van der Waals surface area contributed by atoms with Crippen molar-refractivity contribution in [1.82, 2.24) is 24.7 Å². The van der Waals surface area contributed by atoms with Gasteiger partial charge in [0.2, 0.25) is 5.91 Å². The minimum atomic E-state index is -0.0862. The predicted molar refractivity (Wildman–Crippen MR) is 95.2 cm³/mol. The Morgan fingerprint density at radius 2 is 2.21 bits per heavy atom. The number of thiophene rings is 1. The molecule has 0 bridgehead atoms. The Hall–Kier alpha value is -1.93. The minimum Gasteiger partial charge on any atom is -0.342 e. The maximum absolute atomic E-state index is 12.5. The van der Waals surface area contributed by atoms with Crippen LogP contribution < -0.4 is 0 Å². The number of hydrogen-bond donors (Lipinski definition) is 0. The van der Waals surface area contributed by atoms with E-state index in [2.05, 4.69) is 15.3 Å². The molecule has 1 unspecified atom stereocenters. The first-order chi connectivity index (χ1) is 11.8. The van der Waals surface area contributed by atoms with E-state index in [1.54, 1.807) is 15.9 Å². The lowest BCUT2D eigenvalue weighted by molar-refractivity contribution is -0.134. The van der Waals surface area contributed by atoms with Crippen LogP contribution in [0.25, 0.3) is 16.3 Å². The van der Waals surface area contributed by atoms with Crippen molar-refractivity contribution >= 4 is 34.7 Å². The third-order valence-corrected chi connectivity index (χ3v) is 6.20. The Morgan fingerprint density at radius 1 is 1.33 bits per heavy atom. The predicted octanol–water partition coefficient (Wildman–Crippen LogP) is 2.96. The fourth-order valence-corrected chi connectivity index (χ4v) is 4.27. The van der Waals surface area contributed by atoms with E-state index in [0.717, 1.165) is 41.7 Å². The quantitative estimate of drug-likeness (QED) is 0.656. The van der Waals surface area contributed by atoms with Crippen LogP contribution in [0.1, 0.15) is 19.8 Å². The molecular weight excluding hydrogens is 342 g/mol. The molecule has 3 aromatic rings. The normalized spacial score (nSPS) is 15.5. The van der Waals surface area contributed by atoms with Crippen LogP contribution >= 0.6 is 23.1 Å². The van der Waals surface area contributed by atoms with E-state index in [1.807, 2.05) is 41.5 Å². The highest BCUT2D eigenvalue weighted by Gasteiger charge is 2.28. The summed E-state index contributed by atoms with van der Waals surface area (Å²) in [6, 6.07) is 7.81. The van der Waals surface area contributed by atoms with Gasteiger partial charge in [-0.1, -0.05) is 24.8 Å². The van der Waals surface area contributed by atoms with E-state index in [-0.39, 0.29) is 11.2 Å². The number of hydrogen-bond acceptors (Lipinski definition) is 6. The van der Waals surface area contributed by atoms with Gasteiger partial charge in [0.15, 0.2) is 11.5 Å². The standard InChI is InChI=1S/C16H17N5OS2/c1-2-11(16(22)20-8-4-9-20)24-14-7-6-13-17-18-15(21(13)19-14)12-5-3-10-23-12/h3,5-7,10-11H,2,4,8-9H2,1H3. The van der Waals surface area contributed by atoms with E-state index in [0.29, 0.717) is 5.65 Å². The molecule has 124 valence electrons. The molecular formula is C16H17N5OS2. The summed E-state index contributed by atoms with van der Waals surface area (Å²) in [6.07, 6.45) is 1.90. The first-order valence-electron chi connectivity index (χ1n) is 7.98. The first-order valence-corrected chi connectivity index (χ1v) is 9.74. The Balaban J connectivity index is 1.62. The Bertz CT molecular complexity index is 857. The Kier molecular flexibility index (Phi) is 4.24. The number of rotatable bonds is 5. The first kappa shape index (κ1) is 15.6. The summed E-state index contributed by atoms with van der Waals surface area (Å²) >= 11 is 3.13. The van der Waals surface area contributed by atoms with Crippen molar-refractivity contribution in [2.24, 2.45) is 0 Å². The summed E-state index contributed by atoms with van der Waals surface area (Å²) in [7, 11) is 0. The average molecular weight is 359 g/mol. The van der Waals surface area contributed by atoms with Crippen molar-refractivity contribution in [1.29, 1.82) is 0 Å². The fraction of sp³-hybridized carbons (Fsp3) is 0.375. The number of carbonyl (C=O) groups excluding carboxylic acids is 1. The maximum Gasteiger partial charge on any atom is 0.236 e. The lowest BCUT2D eigenvalue weighted by Crippen LogP contribution is -2.46. The summed E-state index contributed by atoms with van der Waals surface area (Å²) < 4.78 is 1.76. The smallest absolute Gasteiger partial charge is 0.236 e. The van der Waals surface area contributed by atoms with Crippen molar-refractivity contribution in [2.75, 3.05) is 13.1 Å².